The number of hydrogen-bond donors (Lipinski definition) is 0. The number of ether oxygens (including phenoxy) is 3. The molecule has 2 aliphatic rings. The average molecular weight is 437 g/mol. The Morgan fingerprint density at radius 2 is 1.45 bits per heavy atom. The highest BCUT2D eigenvalue weighted by Gasteiger charge is 2.30. The quantitative estimate of drug-likeness (QED) is 0.197. The Balaban J connectivity index is 1.46. The van der Waals surface area contributed by atoms with E-state index >= 15 is 0 Å². The summed E-state index contributed by atoms with van der Waals surface area (Å²) in [5, 5.41) is 0. The Morgan fingerprint density at radius 3 is 2.06 bits per heavy atom. The predicted octanol–water partition coefficient (Wildman–Crippen LogP) is 6.14. The summed E-state index contributed by atoms with van der Waals surface area (Å²) in [6.07, 6.45) is 15.2. The molecule has 0 aliphatic heterocycles. The molecule has 0 atom stereocenters. The van der Waals surface area contributed by atoms with Crippen molar-refractivity contribution in [1.82, 2.24) is 0 Å². The van der Waals surface area contributed by atoms with Crippen LogP contribution < -0.4 is 0 Å². The van der Waals surface area contributed by atoms with Crippen LogP contribution in [-0.2, 0) is 23.8 Å². The minimum absolute atomic E-state index is 0.0322. The van der Waals surface area contributed by atoms with Crippen molar-refractivity contribution in [3.8, 4) is 0 Å². The van der Waals surface area contributed by atoms with Crippen LogP contribution in [0.25, 0.3) is 0 Å². The summed E-state index contributed by atoms with van der Waals surface area (Å²) in [6, 6.07) is 0. The van der Waals surface area contributed by atoms with Gasteiger partial charge in [0.25, 0.3) is 0 Å². The molecule has 0 aromatic rings. The van der Waals surface area contributed by atoms with Crippen molar-refractivity contribution in [3.05, 3.63) is 12.2 Å². The third-order valence-corrected chi connectivity index (χ3v) is 6.75. The van der Waals surface area contributed by atoms with Crippen LogP contribution in [0.4, 0.5) is 0 Å². The first-order valence-corrected chi connectivity index (χ1v) is 12.6. The molecule has 0 bridgehead atoms. The Kier molecular flexibility index (Phi) is 12.2. The van der Waals surface area contributed by atoms with E-state index in [4.69, 9.17) is 14.2 Å². The van der Waals surface area contributed by atoms with Gasteiger partial charge in [-0.25, -0.2) is 4.79 Å². The number of carbonyl (C=O) groups is 2. The Morgan fingerprint density at radius 1 is 0.839 bits per heavy atom. The van der Waals surface area contributed by atoms with Gasteiger partial charge >= 0.3 is 11.9 Å². The molecule has 178 valence electrons. The molecule has 0 aromatic carbocycles. The highest BCUT2D eigenvalue weighted by molar-refractivity contribution is 5.86. The third-order valence-electron chi connectivity index (χ3n) is 6.75. The fourth-order valence-electron chi connectivity index (χ4n) is 4.77. The van der Waals surface area contributed by atoms with Gasteiger partial charge in [-0.1, -0.05) is 32.8 Å². The van der Waals surface area contributed by atoms with E-state index in [1.165, 1.54) is 25.7 Å². The average Bonchev–Trinajstić information content (AvgIpc) is 2.77. The zero-order valence-corrected chi connectivity index (χ0v) is 19.9. The highest BCUT2D eigenvalue weighted by atomic mass is 16.5. The first-order chi connectivity index (χ1) is 15.0. The van der Waals surface area contributed by atoms with Crippen molar-refractivity contribution in [2.24, 2.45) is 11.8 Å². The number of esters is 2. The largest absolute Gasteiger partial charge is 0.462 e. The molecule has 0 spiro atoms. The maximum absolute atomic E-state index is 12.5. The minimum Gasteiger partial charge on any atom is -0.462 e. The van der Waals surface area contributed by atoms with E-state index < -0.39 is 0 Å². The van der Waals surface area contributed by atoms with E-state index in [1.807, 2.05) is 0 Å². The van der Waals surface area contributed by atoms with E-state index in [0.717, 1.165) is 76.7 Å². The molecular weight excluding hydrogens is 392 g/mol. The molecule has 0 amide bonds. The van der Waals surface area contributed by atoms with Gasteiger partial charge in [0.05, 0.1) is 18.6 Å². The second kappa shape index (κ2) is 14.7. The molecule has 31 heavy (non-hydrogen) atoms. The fraction of sp³-hybridized carbons (Fsp3) is 0.846. The van der Waals surface area contributed by atoms with E-state index in [1.54, 1.807) is 6.92 Å². The van der Waals surface area contributed by atoms with Crippen LogP contribution in [0.1, 0.15) is 104 Å². The smallest absolute Gasteiger partial charge is 0.333 e. The monoisotopic (exact) mass is 436 g/mol. The summed E-state index contributed by atoms with van der Waals surface area (Å²) in [4.78, 5) is 23.8. The first-order valence-electron chi connectivity index (χ1n) is 12.6. The van der Waals surface area contributed by atoms with Crippen molar-refractivity contribution < 1.29 is 23.8 Å². The summed E-state index contributed by atoms with van der Waals surface area (Å²) in [7, 11) is 0. The standard InChI is InChI=1S/C26H44O5/c1-4-9-21-10-14-24(15-11-21)31-26(28)22-12-16-23(17-13-22)29-18-7-5-6-8-19-30-25(27)20(2)3/h21-24H,2,4-19H2,1,3H3/t21-,22-,23-,24-. The molecule has 0 radical (unpaired) electrons. The molecule has 2 fully saturated rings. The maximum Gasteiger partial charge on any atom is 0.333 e. The molecule has 0 unspecified atom stereocenters. The van der Waals surface area contributed by atoms with Crippen molar-refractivity contribution in [2.45, 2.75) is 116 Å². The summed E-state index contributed by atoms with van der Waals surface area (Å²) in [5.74, 6) is 0.633. The van der Waals surface area contributed by atoms with Gasteiger partial charge in [0.1, 0.15) is 6.10 Å². The van der Waals surface area contributed by atoms with E-state index in [-0.39, 0.29) is 30.1 Å². The van der Waals surface area contributed by atoms with E-state index in [0.29, 0.717) is 12.2 Å². The van der Waals surface area contributed by atoms with E-state index in [9.17, 15) is 9.59 Å². The van der Waals surface area contributed by atoms with E-state index in [2.05, 4.69) is 13.5 Å². The Hall–Kier alpha value is -1.36. The summed E-state index contributed by atoms with van der Waals surface area (Å²) < 4.78 is 17.0. The van der Waals surface area contributed by atoms with Gasteiger partial charge in [-0.05, 0) is 83.5 Å². The van der Waals surface area contributed by atoms with Gasteiger partial charge in [-0.2, -0.15) is 0 Å². The van der Waals surface area contributed by atoms with Gasteiger partial charge < -0.3 is 14.2 Å². The molecule has 0 heterocycles. The molecule has 0 aromatic heterocycles. The predicted molar refractivity (Wildman–Crippen MR) is 123 cm³/mol. The number of carbonyl (C=O) groups excluding carboxylic acids is 2. The van der Waals surface area contributed by atoms with Crippen LogP contribution in [0, 0.1) is 11.8 Å². The second-order valence-corrected chi connectivity index (χ2v) is 9.54. The Bertz CT molecular complexity index is 542. The zero-order chi connectivity index (χ0) is 22.5. The first kappa shape index (κ1) is 25.9. The van der Waals surface area contributed by atoms with Crippen LogP contribution in [0.2, 0.25) is 0 Å². The molecule has 2 rings (SSSR count). The number of unbranched alkanes of at least 4 members (excludes halogenated alkanes) is 3. The van der Waals surface area contributed by atoms with Gasteiger partial charge in [0.2, 0.25) is 0 Å². The van der Waals surface area contributed by atoms with Gasteiger partial charge in [0, 0.05) is 12.2 Å². The lowest BCUT2D eigenvalue weighted by Gasteiger charge is -2.31. The number of hydrogen-bond acceptors (Lipinski definition) is 5. The molecular formula is C26H44O5. The SMILES string of the molecule is C=C(C)C(=O)OCCCCCCO[C@H]1CC[C@H](C(=O)O[C@H]2CC[C@H](CCC)CC2)CC1. The van der Waals surface area contributed by atoms with Crippen molar-refractivity contribution in [2.75, 3.05) is 13.2 Å². The fourth-order valence-corrected chi connectivity index (χ4v) is 4.77. The highest BCUT2D eigenvalue weighted by Crippen LogP contribution is 2.32. The zero-order valence-electron chi connectivity index (χ0n) is 19.9. The van der Waals surface area contributed by atoms with Crippen molar-refractivity contribution in [3.63, 3.8) is 0 Å². The van der Waals surface area contributed by atoms with Crippen LogP contribution in [-0.4, -0.2) is 37.4 Å². The second-order valence-electron chi connectivity index (χ2n) is 9.54. The lowest BCUT2D eigenvalue weighted by molar-refractivity contribution is -0.158. The molecule has 0 saturated heterocycles. The molecule has 0 N–H and O–H groups in total. The van der Waals surface area contributed by atoms with Crippen molar-refractivity contribution >= 4 is 11.9 Å². The molecule has 5 heteroatoms. The van der Waals surface area contributed by atoms with Crippen LogP contribution >= 0.6 is 0 Å². The summed E-state index contributed by atoms with van der Waals surface area (Å²) in [6.45, 7) is 8.72. The summed E-state index contributed by atoms with van der Waals surface area (Å²) >= 11 is 0. The lowest BCUT2D eigenvalue weighted by Crippen LogP contribution is -2.31. The molecule has 5 nitrogen and oxygen atoms in total. The lowest BCUT2D eigenvalue weighted by atomic mass is 9.84. The third kappa shape index (κ3) is 10.2. The van der Waals surface area contributed by atoms with Gasteiger partial charge in [-0.15, -0.1) is 0 Å². The van der Waals surface area contributed by atoms with Crippen LogP contribution in [0.15, 0.2) is 12.2 Å². The van der Waals surface area contributed by atoms with Crippen LogP contribution in [0.3, 0.4) is 0 Å². The number of rotatable bonds is 13. The normalized spacial score (nSPS) is 26.3. The molecule has 2 aliphatic carbocycles. The Labute approximate surface area is 189 Å². The van der Waals surface area contributed by atoms with Crippen molar-refractivity contribution in [1.29, 1.82) is 0 Å². The maximum atomic E-state index is 12.5. The summed E-state index contributed by atoms with van der Waals surface area (Å²) in [5.41, 5.74) is 0.450. The van der Waals surface area contributed by atoms with Gasteiger partial charge in [0.15, 0.2) is 0 Å². The topological polar surface area (TPSA) is 61.8 Å². The molecule has 2 saturated carbocycles. The van der Waals surface area contributed by atoms with Gasteiger partial charge in [-0.3, -0.25) is 4.79 Å². The van der Waals surface area contributed by atoms with Crippen LogP contribution in [0.5, 0.6) is 0 Å². The minimum atomic E-state index is -0.304.